The summed E-state index contributed by atoms with van der Waals surface area (Å²) in [4.78, 5) is 6.00. The summed E-state index contributed by atoms with van der Waals surface area (Å²) in [6, 6.07) is 44.2. The van der Waals surface area contributed by atoms with E-state index in [1.807, 2.05) is 24.3 Å². The molecule has 0 radical (unpaired) electrons. The Labute approximate surface area is 228 Å². The molecule has 3 aromatic heterocycles. The van der Waals surface area contributed by atoms with E-state index in [1.54, 1.807) is 0 Å². The van der Waals surface area contributed by atoms with Gasteiger partial charge in [-0.25, -0.2) is 0 Å². The number of furan rings is 2. The highest BCUT2D eigenvalue weighted by Gasteiger charge is 2.25. The van der Waals surface area contributed by atoms with Gasteiger partial charge < -0.3 is 18.7 Å². The van der Waals surface area contributed by atoms with E-state index in [1.165, 1.54) is 5.39 Å². The Hall–Kier alpha value is -5.48. The molecular weight excluding hydrogens is 492 g/mol. The Morgan fingerprint density at radius 3 is 1.93 bits per heavy atom. The molecule has 4 nitrogen and oxygen atoms in total. The van der Waals surface area contributed by atoms with E-state index in [0.717, 1.165) is 77.4 Å². The lowest BCUT2D eigenvalue weighted by Gasteiger charge is -2.27. The van der Waals surface area contributed by atoms with Gasteiger partial charge in [0.15, 0.2) is 0 Å². The fourth-order valence-electron chi connectivity index (χ4n) is 6.25. The molecule has 3 heterocycles. The SMILES string of the molecule is c1ccc(N(c2ccc3c(c2)oc2ccccc23)c2c3c(cc4oc5ccccc5c24)[nH]c2ccccc23)cc1. The van der Waals surface area contributed by atoms with Crippen LogP contribution in [-0.4, -0.2) is 4.98 Å². The van der Waals surface area contributed by atoms with E-state index in [0.29, 0.717) is 0 Å². The molecule has 9 aromatic rings. The number of aromatic nitrogens is 1. The molecule has 0 unspecified atom stereocenters. The van der Waals surface area contributed by atoms with Crippen molar-refractivity contribution in [2.75, 3.05) is 4.90 Å². The average molecular weight is 515 g/mol. The van der Waals surface area contributed by atoms with Crippen LogP contribution in [0.25, 0.3) is 65.7 Å². The number of H-pyrrole nitrogens is 1. The van der Waals surface area contributed by atoms with Gasteiger partial charge in [-0.1, -0.05) is 72.8 Å². The molecule has 0 spiro atoms. The molecule has 0 saturated carbocycles. The molecule has 0 saturated heterocycles. The van der Waals surface area contributed by atoms with Crippen LogP contribution in [0.5, 0.6) is 0 Å². The van der Waals surface area contributed by atoms with E-state index >= 15 is 0 Å². The summed E-state index contributed by atoms with van der Waals surface area (Å²) in [5.41, 5.74) is 8.75. The minimum atomic E-state index is 0.848. The average Bonchev–Trinajstić information content (AvgIpc) is 3.68. The molecule has 0 aliphatic rings. The summed E-state index contributed by atoms with van der Waals surface area (Å²) >= 11 is 0. The van der Waals surface area contributed by atoms with E-state index < -0.39 is 0 Å². The monoisotopic (exact) mass is 514 g/mol. The van der Waals surface area contributed by atoms with Crippen LogP contribution in [0.2, 0.25) is 0 Å². The van der Waals surface area contributed by atoms with Crippen LogP contribution in [0.4, 0.5) is 17.1 Å². The summed E-state index contributed by atoms with van der Waals surface area (Å²) in [7, 11) is 0. The third-order valence-corrected chi connectivity index (χ3v) is 7.97. The number of hydrogen-bond donors (Lipinski definition) is 1. The molecule has 1 N–H and O–H groups in total. The molecule has 9 rings (SSSR count). The van der Waals surface area contributed by atoms with Crippen molar-refractivity contribution in [1.29, 1.82) is 0 Å². The Morgan fingerprint density at radius 2 is 1.07 bits per heavy atom. The quantitative estimate of drug-likeness (QED) is 0.255. The van der Waals surface area contributed by atoms with Crippen LogP contribution in [-0.2, 0) is 0 Å². The highest BCUT2D eigenvalue weighted by molar-refractivity contribution is 6.27. The zero-order valence-corrected chi connectivity index (χ0v) is 21.4. The highest BCUT2D eigenvalue weighted by atomic mass is 16.3. The van der Waals surface area contributed by atoms with Gasteiger partial charge in [0, 0.05) is 56.0 Å². The van der Waals surface area contributed by atoms with Gasteiger partial charge in [0.2, 0.25) is 0 Å². The van der Waals surface area contributed by atoms with Gasteiger partial charge >= 0.3 is 0 Å². The van der Waals surface area contributed by atoms with Crippen molar-refractivity contribution in [3.63, 3.8) is 0 Å². The van der Waals surface area contributed by atoms with Crippen molar-refractivity contribution < 1.29 is 8.83 Å². The maximum atomic E-state index is 6.46. The summed E-state index contributed by atoms with van der Waals surface area (Å²) in [5.74, 6) is 0. The van der Waals surface area contributed by atoms with Crippen molar-refractivity contribution in [1.82, 2.24) is 4.98 Å². The fraction of sp³-hybridized carbons (Fsp3) is 0. The molecule has 0 fully saturated rings. The number of benzene rings is 6. The standard InChI is InChI=1S/C36H22N2O2/c1-2-10-22(11-3-1)38(23-18-19-25-24-12-5-8-16-30(24)39-32(25)20-23)36-34-26-13-4-7-15-28(26)37-29(34)21-33-35(36)27-14-6-9-17-31(27)40-33/h1-21,37H. The number of nitrogens with zero attached hydrogens (tertiary/aromatic N) is 1. The van der Waals surface area contributed by atoms with Crippen molar-refractivity contribution in [2.24, 2.45) is 0 Å². The normalized spacial score (nSPS) is 12.0. The molecule has 0 amide bonds. The van der Waals surface area contributed by atoms with E-state index in [2.05, 4.69) is 113 Å². The Kier molecular flexibility index (Phi) is 4.30. The Morgan fingerprint density at radius 1 is 0.425 bits per heavy atom. The largest absolute Gasteiger partial charge is 0.456 e. The Bertz CT molecular complexity index is 2300. The van der Waals surface area contributed by atoms with Crippen LogP contribution >= 0.6 is 0 Å². The first-order valence-electron chi connectivity index (χ1n) is 13.4. The third kappa shape index (κ3) is 2.96. The zero-order valence-electron chi connectivity index (χ0n) is 21.4. The van der Waals surface area contributed by atoms with Gasteiger partial charge in [-0.2, -0.15) is 0 Å². The maximum absolute atomic E-state index is 6.46. The summed E-state index contributed by atoms with van der Waals surface area (Å²) in [6.45, 7) is 0. The maximum Gasteiger partial charge on any atom is 0.139 e. The van der Waals surface area contributed by atoms with Crippen LogP contribution < -0.4 is 4.90 Å². The zero-order chi connectivity index (χ0) is 26.2. The van der Waals surface area contributed by atoms with Crippen LogP contribution in [0, 0.1) is 0 Å². The molecule has 6 aromatic carbocycles. The molecule has 0 aliphatic heterocycles. The predicted molar refractivity (Wildman–Crippen MR) is 165 cm³/mol. The number of anilines is 3. The fourth-order valence-corrected chi connectivity index (χ4v) is 6.25. The minimum Gasteiger partial charge on any atom is -0.456 e. The summed E-state index contributed by atoms with van der Waals surface area (Å²) in [5, 5.41) is 6.73. The molecular formula is C36H22N2O2. The second kappa shape index (κ2) is 8.01. The first-order chi connectivity index (χ1) is 19.8. The Balaban J connectivity index is 1.46. The van der Waals surface area contributed by atoms with E-state index in [9.17, 15) is 0 Å². The van der Waals surface area contributed by atoms with Gasteiger partial charge in [-0.3, -0.25) is 0 Å². The molecule has 0 aliphatic carbocycles. The first kappa shape index (κ1) is 21.5. The van der Waals surface area contributed by atoms with Crippen molar-refractivity contribution in [3.05, 3.63) is 127 Å². The number of nitrogens with one attached hydrogen (secondary N) is 1. The minimum absolute atomic E-state index is 0.848. The summed E-state index contributed by atoms with van der Waals surface area (Å²) < 4.78 is 12.8. The van der Waals surface area contributed by atoms with Gasteiger partial charge in [0.25, 0.3) is 0 Å². The molecule has 188 valence electrons. The molecule has 0 atom stereocenters. The van der Waals surface area contributed by atoms with Crippen LogP contribution in [0.1, 0.15) is 0 Å². The lowest BCUT2D eigenvalue weighted by atomic mass is 10.0. The lowest BCUT2D eigenvalue weighted by molar-refractivity contribution is 0.669. The lowest BCUT2D eigenvalue weighted by Crippen LogP contribution is -2.10. The van der Waals surface area contributed by atoms with Crippen LogP contribution in [0.15, 0.2) is 136 Å². The van der Waals surface area contributed by atoms with Crippen molar-refractivity contribution >= 4 is 82.7 Å². The van der Waals surface area contributed by atoms with Gasteiger partial charge in [-0.15, -0.1) is 0 Å². The third-order valence-electron chi connectivity index (χ3n) is 7.97. The highest BCUT2D eigenvalue weighted by Crippen LogP contribution is 2.49. The second-order valence-corrected chi connectivity index (χ2v) is 10.2. The summed E-state index contributed by atoms with van der Waals surface area (Å²) in [6.07, 6.45) is 0. The van der Waals surface area contributed by atoms with Crippen molar-refractivity contribution in [3.8, 4) is 0 Å². The molecule has 4 heteroatoms. The topological polar surface area (TPSA) is 45.3 Å². The molecule has 0 bridgehead atoms. The van der Waals surface area contributed by atoms with Gasteiger partial charge in [0.1, 0.15) is 22.3 Å². The van der Waals surface area contributed by atoms with E-state index in [4.69, 9.17) is 8.83 Å². The number of hydrogen-bond acceptors (Lipinski definition) is 3. The second-order valence-electron chi connectivity index (χ2n) is 10.2. The number of para-hydroxylation sites is 4. The number of rotatable bonds is 3. The van der Waals surface area contributed by atoms with Gasteiger partial charge in [-0.05, 0) is 42.5 Å². The number of aromatic amines is 1. The smallest absolute Gasteiger partial charge is 0.139 e. The van der Waals surface area contributed by atoms with Gasteiger partial charge in [0.05, 0.1) is 16.6 Å². The molecule has 40 heavy (non-hydrogen) atoms. The first-order valence-corrected chi connectivity index (χ1v) is 13.4. The number of fused-ring (bicyclic) bond motifs is 9. The predicted octanol–water partition coefficient (Wildman–Crippen LogP) is 10.6. The van der Waals surface area contributed by atoms with Crippen molar-refractivity contribution in [2.45, 2.75) is 0 Å². The van der Waals surface area contributed by atoms with E-state index in [-0.39, 0.29) is 0 Å². The van der Waals surface area contributed by atoms with Crippen LogP contribution in [0.3, 0.4) is 0 Å².